The molecule has 0 radical (unpaired) electrons. The zero-order valence-electron chi connectivity index (χ0n) is 14.9. The molecule has 1 saturated carbocycles. The van der Waals surface area contributed by atoms with Crippen molar-refractivity contribution in [1.29, 1.82) is 0 Å². The van der Waals surface area contributed by atoms with E-state index < -0.39 is 0 Å². The van der Waals surface area contributed by atoms with Gasteiger partial charge in [-0.1, -0.05) is 12.8 Å². The van der Waals surface area contributed by atoms with Crippen molar-refractivity contribution >= 4 is 5.82 Å². The summed E-state index contributed by atoms with van der Waals surface area (Å²) >= 11 is 0. The Morgan fingerprint density at radius 2 is 1.96 bits per heavy atom. The van der Waals surface area contributed by atoms with Crippen molar-refractivity contribution in [2.75, 3.05) is 44.8 Å². The van der Waals surface area contributed by atoms with Gasteiger partial charge in [-0.2, -0.15) is 0 Å². The molecular formula is C19H30N4O. The Balaban J connectivity index is 1.66. The second kappa shape index (κ2) is 7.36. The van der Waals surface area contributed by atoms with Crippen LogP contribution in [0, 0.1) is 5.92 Å². The normalized spacial score (nSPS) is 25.0. The van der Waals surface area contributed by atoms with Crippen LogP contribution in [-0.2, 0) is 17.6 Å². The summed E-state index contributed by atoms with van der Waals surface area (Å²) in [6, 6.07) is 0. The van der Waals surface area contributed by atoms with Gasteiger partial charge in [0.05, 0.1) is 12.3 Å². The number of nitrogens with one attached hydrogen (secondary N) is 1. The van der Waals surface area contributed by atoms with Crippen LogP contribution in [-0.4, -0.2) is 49.9 Å². The number of rotatable bonds is 4. The van der Waals surface area contributed by atoms with E-state index in [4.69, 9.17) is 14.7 Å². The quantitative estimate of drug-likeness (QED) is 0.918. The maximum Gasteiger partial charge on any atom is 0.135 e. The summed E-state index contributed by atoms with van der Waals surface area (Å²) in [5, 5.41) is 3.52. The predicted molar refractivity (Wildman–Crippen MR) is 95.7 cm³/mol. The third kappa shape index (κ3) is 3.29. The van der Waals surface area contributed by atoms with Gasteiger partial charge in [-0.05, 0) is 32.2 Å². The monoisotopic (exact) mass is 330 g/mol. The van der Waals surface area contributed by atoms with Crippen LogP contribution < -0.4 is 10.2 Å². The fourth-order valence-corrected chi connectivity index (χ4v) is 4.57. The molecule has 1 aliphatic carbocycles. The smallest absolute Gasteiger partial charge is 0.135 e. The van der Waals surface area contributed by atoms with Gasteiger partial charge in [-0.25, -0.2) is 9.97 Å². The van der Waals surface area contributed by atoms with Gasteiger partial charge in [-0.15, -0.1) is 0 Å². The SMILES string of the molecule is COCC1CCN(c2nc(C3CCCC3)nc3c2CCNCC3)C1. The first kappa shape index (κ1) is 16.3. The standard InChI is InChI=1S/C19H30N4O/c1-24-13-14-8-11-23(12-14)19-16-6-9-20-10-7-17(16)21-18(22-19)15-4-2-3-5-15/h14-15,20H,2-13H2,1H3. The van der Waals surface area contributed by atoms with Crippen molar-refractivity contribution in [3.63, 3.8) is 0 Å². The minimum absolute atomic E-state index is 0.586. The fraction of sp³-hybridized carbons (Fsp3) is 0.789. The minimum Gasteiger partial charge on any atom is -0.384 e. The average Bonchev–Trinajstić information content (AvgIpc) is 3.22. The van der Waals surface area contributed by atoms with Crippen molar-refractivity contribution < 1.29 is 4.74 Å². The Hall–Kier alpha value is -1.20. The minimum atomic E-state index is 0.586. The molecule has 3 aliphatic rings. The van der Waals surface area contributed by atoms with Gasteiger partial charge >= 0.3 is 0 Å². The van der Waals surface area contributed by atoms with E-state index in [0.29, 0.717) is 11.8 Å². The lowest BCUT2D eigenvalue weighted by molar-refractivity contribution is 0.161. The number of aromatic nitrogens is 2. The third-order valence-electron chi connectivity index (χ3n) is 5.89. The van der Waals surface area contributed by atoms with Crippen molar-refractivity contribution in [3.8, 4) is 0 Å². The molecule has 1 aromatic rings. The second-order valence-electron chi connectivity index (χ2n) is 7.62. The Bertz CT molecular complexity index is 571. The zero-order chi connectivity index (χ0) is 16.4. The maximum atomic E-state index is 5.38. The first-order valence-electron chi connectivity index (χ1n) is 9.69. The van der Waals surface area contributed by atoms with Crippen LogP contribution in [0.4, 0.5) is 5.82 Å². The van der Waals surface area contributed by atoms with Gasteiger partial charge in [0.2, 0.25) is 0 Å². The van der Waals surface area contributed by atoms with E-state index in [1.165, 1.54) is 49.2 Å². The van der Waals surface area contributed by atoms with Crippen LogP contribution >= 0.6 is 0 Å². The molecule has 0 amide bonds. The van der Waals surface area contributed by atoms with Gasteiger partial charge in [0.25, 0.3) is 0 Å². The number of ether oxygens (including phenoxy) is 1. The molecule has 1 saturated heterocycles. The molecule has 0 aromatic carbocycles. The molecule has 2 aliphatic heterocycles. The first-order valence-corrected chi connectivity index (χ1v) is 9.69. The van der Waals surface area contributed by atoms with E-state index in [-0.39, 0.29) is 0 Å². The van der Waals surface area contributed by atoms with E-state index in [2.05, 4.69) is 10.2 Å². The summed E-state index contributed by atoms with van der Waals surface area (Å²) in [6.07, 6.45) is 8.51. The van der Waals surface area contributed by atoms with E-state index in [9.17, 15) is 0 Å². The van der Waals surface area contributed by atoms with Gasteiger partial charge in [0.15, 0.2) is 0 Å². The number of fused-ring (bicyclic) bond motifs is 1. The zero-order valence-corrected chi connectivity index (χ0v) is 14.9. The molecule has 1 aromatic heterocycles. The molecule has 3 heterocycles. The van der Waals surface area contributed by atoms with Gasteiger partial charge < -0.3 is 15.0 Å². The highest BCUT2D eigenvalue weighted by molar-refractivity contribution is 5.51. The lowest BCUT2D eigenvalue weighted by Crippen LogP contribution is -2.25. The van der Waals surface area contributed by atoms with Crippen LogP contribution in [0.3, 0.4) is 0 Å². The van der Waals surface area contributed by atoms with Crippen LogP contribution in [0.1, 0.15) is 55.1 Å². The summed E-state index contributed by atoms with van der Waals surface area (Å²) in [6.45, 7) is 5.13. The average molecular weight is 330 g/mol. The first-order chi connectivity index (χ1) is 11.8. The molecule has 2 fully saturated rings. The lowest BCUT2D eigenvalue weighted by Gasteiger charge is -2.24. The fourth-order valence-electron chi connectivity index (χ4n) is 4.57. The summed E-state index contributed by atoms with van der Waals surface area (Å²) in [5.74, 6) is 3.59. The molecule has 1 atom stereocenters. The molecule has 5 heteroatoms. The third-order valence-corrected chi connectivity index (χ3v) is 5.89. The maximum absolute atomic E-state index is 5.38. The van der Waals surface area contributed by atoms with E-state index in [1.54, 1.807) is 0 Å². The lowest BCUT2D eigenvalue weighted by atomic mass is 10.0. The molecule has 5 nitrogen and oxygen atoms in total. The highest BCUT2D eigenvalue weighted by Gasteiger charge is 2.29. The molecule has 24 heavy (non-hydrogen) atoms. The van der Waals surface area contributed by atoms with Gasteiger partial charge in [-0.3, -0.25) is 0 Å². The Kier molecular flexibility index (Phi) is 4.99. The van der Waals surface area contributed by atoms with Crippen LogP contribution in [0.5, 0.6) is 0 Å². The van der Waals surface area contributed by atoms with Crippen LogP contribution in [0.2, 0.25) is 0 Å². The topological polar surface area (TPSA) is 50.3 Å². The highest BCUT2D eigenvalue weighted by Crippen LogP contribution is 2.35. The Morgan fingerprint density at radius 3 is 2.79 bits per heavy atom. The number of anilines is 1. The van der Waals surface area contributed by atoms with Gasteiger partial charge in [0, 0.05) is 50.6 Å². The number of hydrogen-bond acceptors (Lipinski definition) is 5. The largest absolute Gasteiger partial charge is 0.384 e. The predicted octanol–water partition coefficient (Wildman–Crippen LogP) is 2.30. The van der Waals surface area contributed by atoms with Crippen LogP contribution in [0.15, 0.2) is 0 Å². The Labute approximate surface area is 145 Å². The second-order valence-corrected chi connectivity index (χ2v) is 7.62. The summed E-state index contributed by atoms with van der Waals surface area (Å²) in [7, 11) is 1.81. The van der Waals surface area contributed by atoms with E-state index >= 15 is 0 Å². The van der Waals surface area contributed by atoms with Crippen molar-refractivity contribution in [3.05, 3.63) is 17.1 Å². The highest BCUT2D eigenvalue weighted by atomic mass is 16.5. The molecule has 4 rings (SSSR count). The van der Waals surface area contributed by atoms with Crippen LogP contribution in [0.25, 0.3) is 0 Å². The molecule has 1 unspecified atom stereocenters. The molecular weight excluding hydrogens is 300 g/mol. The van der Waals surface area contributed by atoms with E-state index in [0.717, 1.165) is 51.5 Å². The molecule has 132 valence electrons. The van der Waals surface area contributed by atoms with Crippen molar-refractivity contribution in [2.24, 2.45) is 5.92 Å². The molecule has 0 spiro atoms. The van der Waals surface area contributed by atoms with Crippen molar-refractivity contribution in [2.45, 2.75) is 50.9 Å². The number of nitrogens with zero attached hydrogens (tertiary/aromatic N) is 3. The summed E-state index contributed by atoms with van der Waals surface area (Å²) in [4.78, 5) is 12.7. The summed E-state index contributed by atoms with van der Waals surface area (Å²) < 4.78 is 5.38. The number of hydrogen-bond donors (Lipinski definition) is 1. The summed E-state index contributed by atoms with van der Waals surface area (Å²) in [5.41, 5.74) is 2.71. The van der Waals surface area contributed by atoms with Gasteiger partial charge in [0.1, 0.15) is 11.6 Å². The Morgan fingerprint density at radius 1 is 1.12 bits per heavy atom. The number of methoxy groups -OCH3 is 1. The van der Waals surface area contributed by atoms with E-state index in [1.807, 2.05) is 7.11 Å². The molecule has 1 N–H and O–H groups in total. The molecule has 0 bridgehead atoms. The van der Waals surface area contributed by atoms with Crippen molar-refractivity contribution in [1.82, 2.24) is 15.3 Å².